The number of nitrogens with zero attached hydrogens (tertiary/aromatic N) is 1. The number of ether oxygens (including phenoxy) is 1. The summed E-state index contributed by atoms with van der Waals surface area (Å²) in [5, 5.41) is 0. The highest BCUT2D eigenvalue weighted by Crippen LogP contribution is 2.22. The third-order valence-electron chi connectivity index (χ3n) is 2.34. The van der Waals surface area contributed by atoms with Crippen LogP contribution in [0.3, 0.4) is 0 Å². The van der Waals surface area contributed by atoms with Gasteiger partial charge in [-0.2, -0.15) is 0 Å². The molecule has 0 aromatic carbocycles. The van der Waals surface area contributed by atoms with Gasteiger partial charge in [0.05, 0.1) is 0 Å². The third-order valence-corrected chi connectivity index (χ3v) is 2.91. The number of hydrogen-bond donors (Lipinski definition) is 0. The minimum atomic E-state index is -0.555. The van der Waals surface area contributed by atoms with E-state index in [1.807, 2.05) is 0 Å². The van der Waals surface area contributed by atoms with Gasteiger partial charge in [0, 0.05) is 0 Å². The van der Waals surface area contributed by atoms with Crippen LogP contribution in [0.15, 0.2) is 0 Å². The Labute approximate surface area is 86.2 Å². The molecular weight excluding hydrogens is 201 g/mol. The van der Waals surface area contributed by atoms with E-state index in [0.717, 1.165) is 12.8 Å². The second kappa shape index (κ2) is 5.30. The molecule has 4 nitrogen and oxygen atoms in total. The fraction of sp³-hybridized carbons (Fsp3) is 0.778. The first-order valence-electron chi connectivity index (χ1n) is 4.96. The zero-order valence-corrected chi connectivity index (χ0v) is 9.52. The number of cyclic esters (lactones) is 2. The maximum absolute atomic E-state index is 11.2. The van der Waals surface area contributed by atoms with Crippen molar-refractivity contribution in [1.29, 1.82) is 0 Å². The lowest BCUT2D eigenvalue weighted by Crippen LogP contribution is -2.26. The van der Waals surface area contributed by atoms with Gasteiger partial charge in [0.1, 0.15) is 6.04 Å². The predicted molar refractivity (Wildman–Crippen MR) is 55.6 cm³/mol. The van der Waals surface area contributed by atoms with Crippen LogP contribution in [0.25, 0.3) is 0 Å². The van der Waals surface area contributed by atoms with Crippen molar-refractivity contribution in [3.8, 4) is 0 Å². The van der Waals surface area contributed by atoms with E-state index in [4.69, 9.17) is 0 Å². The number of hydrogen-bond acceptors (Lipinski definition) is 3. The predicted octanol–water partition coefficient (Wildman–Crippen LogP) is 2.09. The summed E-state index contributed by atoms with van der Waals surface area (Å²) >= 11 is 0. The molecule has 1 rings (SSSR count). The van der Waals surface area contributed by atoms with Crippen LogP contribution in [-0.2, 0) is 9.53 Å². The van der Waals surface area contributed by atoms with E-state index >= 15 is 0 Å². The summed E-state index contributed by atoms with van der Waals surface area (Å²) in [6.45, 7) is 2.13. The van der Waals surface area contributed by atoms with Crippen LogP contribution >= 0.6 is 9.39 Å². The number of esters is 1. The van der Waals surface area contributed by atoms with Crippen molar-refractivity contribution >= 4 is 21.5 Å². The molecular formula is C9H16NO3P. The molecule has 5 heteroatoms. The van der Waals surface area contributed by atoms with Crippen molar-refractivity contribution in [1.82, 2.24) is 4.67 Å². The van der Waals surface area contributed by atoms with Crippen molar-refractivity contribution in [2.24, 2.45) is 0 Å². The first kappa shape index (κ1) is 11.4. The van der Waals surface area contributed by atoms with Crippen molar-refractivity contribution < 1.29 is 14.3 Å². The molecule has 1 saturated heterocycles. The molecule has 0 N–H and O–H groups in total. The van der Waals surface area contributed by atoms with Crippen LogP contribution in [0.2, 0.25) is 0 Å². The summed E-state index contributed by atoms with van der Waals surface area (Å²) in [4.78, 5) is 22.1. The van der Waals surface area contributed by atoms with E-state index in [-0.39, 0.29) is 6.04 Å². The Morgan fingerprint density at radius 3 is 2.57 bits per heavy atom. The summed E-state index contributed by atoms with van der Waals surface area (Å²) in [7, 11) is 2.23. The highest BCUT2D eigenvalue weighted by Gasteiger charge is 2.37. The van der Waals surface area contributed by atoms with Gasteiger partial charge in [-0.3, -0.25) is 4.67 Å². The Kier molecular flexibility index (Phi) is 4.33. The minimum absolute atomic E-state index is 0.385. The Morgan fingerprint density at radius 1 is 1.36 bits per heavy atom. The smallest absolute Gasteiger partial charge is 0.374 e. The molecule has 0 aromatic rings. The van der Waals surface area contributed by atoms with E-state index < -0.39 is 12.1 Å². The highest BCUT2D eigenvalue weighted by atomic mass is 31.0. The number of carbonyl (C=O) groups is 2. The average molecular weight is 217 g/mol. The third kappa shape index (κ3) is 2.68. The van der Waals surface area contributed by atoms with Crippen LogP contribution < -0.4 is 0 Å². The van der Waals surface area contributed by atoms with Crippen LogP contribution in [0.4, 0.5) is 4.79 Å². The van der Waals surface area contributed by atoms with E-state index in [0.29, 0.717) is 6.42 Å². The molecule has 0 aliphatic carbocycles. The standard InChI is InChI=1S/C9H16NO3P/c1-2-3-4-5-6-7-8(11)13-9(12)10(7)14/h7H,2-6,14H2,1H3. The molecule has 0 saturated carbocycles. The SMILES string of the molecule is CCCCCCC1C(=O)OC(=O)N1P. The van der Waals surface area contributed by atoms with E-state index in [2.05, 4.69) is 21.1 Å². The number of rotatable bonds is 5. The maximum atomic E-state index is 11.2. The molecule has 1 fully saturated rings. The molecule has 0 bridgehead atoms. The monoisotopic (exact) mass is 217 g/mol. The second-order valence-electron chi connectivity index (χ2n) is 3.46. The molecule has 0 spiro atoms. The van der Waals surface area contributed by atoms with E-state index in [1.165, 1.54) is 17.5 Å². The lowest BCUT2D eigenvalue weighted by molar-refractivity contribution is -0.135. The van der Waals surface area contributed by atoms with Crippen molar-refractivity contribution in [2.45, 2.75) is 45.1 Å². The van der Waals surface area contributed by atoms with Gasteiger partial charge in [-0.1, -0.05) is 32.6 Å². The van der Waals surface area contributed by atoms with Crippen molar-refractivity contribution in [3.63, 3.8) is 0 Å². The summed E-state index contributed by atoms with van der Waals surface area (Å²) in [5.74, 6) is -0.415. The number of unbranched alkanes of at least 4 members (excludes halogenated alkanes) is 3. The molecule has 14 heavy (non-hydrogen) atoms. The fourth-order valence-corrected chi connectivity index (χ4v) is 1.79. The molecule has 1 amide bonds. The Bertz CT molecular complexity index is 232. The number of carbonyl (C=O) groups excluding carboxylic acids is 2. The van der Waals surface area contributed by atoms with Crippen LogP contribution in [0.1, 0.15) is 39.0 Å². The van der Waals surface area contributed by atoms with E-state index in [9.17, 15) is 9.59 Å². The topological polar surface area (TPSA) is 46.6 Å². The molecule has 1 aliphatic heterocycles. The normalized spacial score (nSPS) is 21.6. The van der Waals surface area contributed by atoms with Crippen LogP contribution in [0.5, 0.6) is 0 Å². The quantitative estimate of drug-likeness (QED) is 0.306. The zero-order chi connectivity index (χ0) is 10.6. The van der Waals surface area contributed by atoms with Gasteiger partial charge in [0.2, 0.25) is 0 Å². The average Bonchev–Trinajstić information content (AvgIpc) is 2.38. The van der Waals surface area contributed by atoms with Gasteiger partial charge in [-0.05, 0) is 15.8 Å². The first-order chi connectivity index (χ1) is 6.66. The first-order valence-corrected chi connectivity index (χ1v) is 5.48. The molecule has 80 valence electrons. The largest absolute Gasteiger partial charge is 0.421 e. The minimum Gasteiger partial charge on any atom is -0.374 e. The van der Waals surface area contributed by atoms with Crippen LogP contribution in [0, 0.1) is 0 Å². The second-order valence-corrected chi connectivity index (χ2v) is 4.02. The van der Waals surface area contributed by atoms with Crippen molar-refractivity contribution in [2.75, 3.05) is 0 Å². The van der Waals surface area contributed by atoms with E-state index in [1.54, 1.807) is 0 Å². The fourth-order valence-electron chi connectivity index (χ4n) is 1.47. The summed E-state index contributed by atoms with van der Waals surface area (Å²) in [6.07, 6.45) is 4.55. The zero-order valence-electron chi connectivity index (χ0n) is 8.36. The Balaban J connectivity index is 2.29. The summed E-state index contributed by atoms with van der Waals surface area (Å²) in [5.41, 5.74) is 0. The molecule has 0 radical (unpaired) electrons. The Hall–Kier alpha value is -0.630. The van der Waals surface area contributed by atoms with Gasteiger partial charge in [0.15, 0.2) is 0 Å². The molecule has 1 aliphatic rings. The Morgan fingerprint density at radius 2 is 2.07 bits per heavy atom. The van der Waals surface area contributed by atoms with Gasteiger partial charge >= 0.3 is 12.1 Å². The van der Waals surface area contributed by atoms with Crippen molar-refractivity contribution in [3.05, 3.63) is 0 Å². The van der Waals surface area contributed by atoms with Gasteiger partial charge in [0.25, 0.3) is 0 Å². The highest BCUT2D eigenvalue weighted by molar-refractivity contribution is 7.14. The summed E-state index contributed by atoms with van der Waals surface area (Å²) < 4.78 is 5.77. The van der Waals surface area contributed by atoms with Crippen LogP contribution in [-0.4, -0.2) is 22.8 Å². The number of amides is 1. The van der Waals surface area contributed by atoms with Gasteiger partial charge in [-0.15, -0.1) is 0 Å². The molecule has 2 unspecified atom stereocenters. The molecule has 1 heterocycles. The molecule has 0 aromatic heterocycles. The maximum Gasteiger partial charge on any atom is 0.421 e. The van der Waals surface area contributed by atoms with Gasteiger partial charge < -0.3 is 4.74 Å². The lowest BCUT2D eigenvalue weighted by Gasteiger charge is -2.12. The lowest BCUT2D eigenvalue weighted by atomic mass is 10.1. The van der Waals surface area contributed by atoms with Gasteiger partial charge in [-0.25, -0.2) is 9.59 Å². The summed E-state index contributed by atoms with van der Waals surface area (Å²) in [6, 6.07) is -0.385. The molecule has 2 atom stereocenters.